The first-order valence-corrected chi connectivity index (χ1v) is 9.40. The van der Waals surface area contributed by atoms with Crippen molar-refractivity contribution in [3.8, 4) is 22.5 Å². The Morgan fingerprint density at radius 1 is 0.964 bits per heavy atom. The van der Waals surface area contributed by atoms with Crippen molar-refractivity contribution in [1.82, 2.24) is 9.97 Å². The van der Waals surface area contributed by atoms with Crippen molar-refractivity contribution in [3.05, 3.63) is 59.7 Å². The van der Waals surface area contributed by atoms with E-state index in [1.165, 1.54) is 12.1 Å². The van der Waals surface area contributed by atoms with Gasteiger partial charge in [-0.2, -0.15) is 13.2 Å². The third-order valence-corrected chi connectivity index (χ3v) is 4.89. The van der Waals surface area contributed by atoms with Gasteiger partial charge in [0.2, 0.25) is 5.82 Å². The largest absolute Gasteiger partial charge is 0.449 e. The van der Waals surface area contributed by atoms with Crippen molar-refractivity contribution in [2.45, 2.75) is 11.1 Å². The molecule has 0 aliphatic rings. The van der Waals surface area contributed by atoms with E-state index in [-0.39, 0.29) is 5.56 Å². The van der Waals surface area contributed by atoms with E-state index < -0.39 is 61.1 Å². The number of benzene rings is 2. The molecule has 0 saturated heterocycles. The molecule has 0 aliphatic carbocycles. The number of H-pyrrole nitrogens is 1. The molecule has 1 aromatic heterocycles. The van der Waals surface area contributed by atoms with E-state index in [1.54, 1.807) is 0 Å². The highest BCUT2D eigenvalue weighted by Gasteiger charge is 2.36. The van der Waals surface area contributed by atoms with Crippen LogP contribution >= 0.6 is 0 Å². The van der Waals surface area contributed by atoms with Gasteiger partial charge in [0.05, 0.1) is 11.4 Å². The molecule has 0 bridgehead atoms. The summed E-state index contributed by atoms with van der Waals surface area (Å²) in [5, 5.41) is 0. The zero-order valence-electron chi connectivity index (χ0n) is 13.9. The van der Waals surface area contributed by atoms with Crippen LogP contribution in [0.1, 0.15) is 5.82 Å². The standard InChI is InChI=1S/C17H10F6N2O2S/c1-28(26,27)15-11(19)6-8(7-12(15)20)13-14(9-4-2-3-5-10(9)18)25-16(24-13)17(21,22)23/h2-7H,1H3,(H,24,25). The summed E-state index contributed by atoms with van der Waals surface area (Å²) in [7, 11) is -4.27. The van der Waals surface area contributed by atoms with Gasteiger partial charge in [-0.3, -0.25) is 0 Å². The Labute approximate surface area is 154 Å². The molecule has 28 heavy (non-hydrogen) atoms. The van der Waals surface area contributed by atoms with Crippen LogP contribution in [-0.4, -0.2) is 24.6 Å². The minimum absolute atomic E-state index is 0.312. The molecular formula is C17H10F6N2O2S. The number of sulfone groups is 1. The van der Waals surface area contributed by atoms with Gasteiger partial charge in [0.1, 0.15) is 22.3 Å². The van der Waals surface area contributed by atoms with E-state index in [9.17, 15) is 34.8 Å². The minimum Gasteiger partial charge on any atom is -0.334 e. The second-order valence-corrected chi connectivity index (χ2v) is 7.78. The molecule has 0 fully saturated rings. The lowest BCUT2D eigenvalue weighted by Crippen LogP contribution is -2.07. The molecule has 4 nitrogen and oxygen atoms in total. The molecule has 0 aliphatic heterocycles. The van der Waals surface area contributed by atoms with Crippen LogP contribution in [0.25, 0.3) is 22.5 Å². The molecule has 11 heteroatoms. The summed E-state index contributed by atoms with van der Waals surface area (Å²) in [6, 6.07) is 5.86. The fraction of sp³-hybridized carbons (Fsp3) is 0.118. The Morgan fingerprint density at radius 2 is 1.54 bits per heavy atom. The van der Waals surface area contributed by atoms with Crippen molar-refractivity contribution in [3.63, 3.8) is 0 Å². The summed E-state index contributed by atoms with van der Waals surface area (Å²) in [5.74, 6) is -5.41. The molecule has 0 atom stereocenters. The van der Waals surface area contributed by atoms with Crippen LogP contribution in [0.5, 0.6) is 0 Å². The lowest BCUT2D eigenvalue weighted by Gasteiger charge is -2.08. The van der Waals surface area contributed by atoms with Gasteiger partial charge in [-0.1, -0.05) is 12.1 Å². The summed E-state index contributed by atoms with van der Waals surface area (Å²) in [4.78, 5) is 4.01. The number of rotatable bonds is 3. The van der Waals surface area contributed by atoms with Gasteiger partial charge in [-0.15, -0.1) is 0 Å². The van der Waals surface area contributed by atoms with Crippen molar-refractivity contribution in [1.29, 1.82) is 0 Å². The fourth-order valence-corrected chi connectivity index (χ4v) is 3.45. The van der Waals surface area contributed by atoms with E-state index in [4.69, 9.17) is 0 Å². The molecule has 0 radical (unpaired) electrons. The molecule has 2 aromatic carbocycles. The van der Waals surface area contributed by atoms with Crippen LogP contribution in [0.15, 0.2) is 41.3 Å². The first kappa shape index (κ1) is 19.9. The number of imidazole rings is 1. The Balaban J connectivity index is 2.31. The van der Waals surface area contributed by atoms with Gasteiger partial charge in [0.25, 0.3) is 0 Å². The maximum absolute atomic E-state index is 14.2. The topological polar surface area (TPSA) is 62.8 Å². The number of halogens is 6. The second-order valence-electron chi connectivity index (χ2n) is 5.83. The van der Waals surface area contributed by atoms with Gasteiger partial charge in [0.15, 0.2) is 9.84 Å². The van der Waals surface area contributed by atoms with Gasteiger partial charge in [-0.25, -0.2) is 26.6 Å². The third kappa shape index (κ3) is 3.61. The fourth-order valence-electron chi connectivity index (χ4n) is 2.63. The van der Waals surface area contributed by atoms with E-state index in [0.29, 0.717) is 18.4 Å². The summed E-state index contributed by atoms with van der Waals surface area (Å²) >= 11 is 0. The third-order valence-electron chi connectivity index (χ3n) is 3.76. The first-order chi connectivity index (χ1) is 12.9. The Kier molecular flexibility index (Phi) is 4.74. The Morgan fingerprint density at radius 3 is 2.04 bits per heavy atom. The van der Waals surface area contributed by atoms with Crippen LogP contribution < -0.4 is 0 Å². The molecular weight excluding hydrogens is 410 g/mol. The average Bonchev–Trinajstić information content (AvgIpc) is 2.98. The average molecular weight is 420 g/mol. The van der Waals surface area contributed by atoms with E-state index in [1.807, 2.05) is 4.98 Å². The molecule has 0 amide bonds. The quantitative estimate of drug-likeness (QED) is 0.631. The number of aromatic amines is 1. The summed E-state index contributed by atoms with van der Waals surface area (Å²) in [5.41, 5.74) is -1.85. The first-order valence-electron chi connectivity index (χ1n) is 7.51. The SMILES string of the molecule is CS(=O)(=O)c1c(F)cc(-c2nc(C(F)(F)F)[nH]c2-c2ccccc2F)cc1F. The van der Waals surface area contributed by atoms with E-state index in [0.717, 1.165) is 12.1 Å². The molecule has 1 heterocycles. The van der Waals surface area contributed by atoms with Crippen LogP contribution in [-0.2, 0) is 16.0 Å². The Hall–Kier alpha value is -2.82. The van der Waals surface area contributed by atoms with Crippen molar-refractivity contribution < 1.29 is 34.8 Å². The van der Waals surface area contributed by atoms with Crippen LogP contribution in [0.3, 0.4) is 0 Å². The van der Waals surface area contributed by atoms with Gasteiger partial charge < -0.3 is 4.98 Å². The molecule has 3 aromatic rings. The summed E-state index contributed by atoms with van der Waals surface area (Å²) in [6.45, 7) is 0. The minimum atomic E-state index is -4.94. The number of hydrogen-bond donors (Lipinski definition) is 1. The maximum atomic E-state index is 14.2. The van der Waals surface area contributed by atoms with Crippen LogP contribution in [0, 0.1) is 17.5 Å². The number of nitrogens with one attached hydrogen (secondary N) is 1. The van der Waals surface area contributed by atoms with Crippen LogP contribution in [0.4, 0.5) is 26.3 Å². The molecule has 3 rings (SSSR count). The predicted molar refractivity (Wildman–Crippen MR) is 87.4 cm³/mol. The van der Waals surface area contributed by atoms with Crippen LogP contribution in [0.2, 0.25) is 0 Å². The predicted octanol–water partition coefficient (Wildman–Crippen LogP) is 4.58. The zero-order valence-corrected chi connectivity index (χ0v) is 14.7. The number of aromatic nitrogens is 2. The lowest BCUT2D eigenvalue weighted by atomic mass is 10.0. The van der Waals surface area contributed by atoms with E-state index >= 15 is 0 Å². The lowest BCUT2D eigenvalue weighted by molar-refractivity contribution is -0.144. The molecule has 1 N–H and O–H groups in total. The zero-order chi connectivity index (χ0) is 20.9. The highest BCUT2D eigenvalue weighted by Crippen LogP contribution is 2.37. The molecule has 0 saturated carbocycles. The number of alkyl halides is 3. The maximum Gasteiger partial charge on any atom is 0.449 e. The number of nitrogens with zero attached hydrogens (tertiary/aromatic N) is 1. The second kappa shape index (κ2) is 6.66. The van der Waals surface area contributed by atoms with Gasteiger partial charge in [0, 0.05) is 17.4 Å². The Bertz CT molecular complexity index is 1150. The van der Waals surface area contributed by atoms with Gasteiger partial charge in [-0.05, 0) is 24.3 Å². The molecule has 0 unspecified atom stereocenters. The van der Waals surface area contributed by atoms with Crippen molar-refractivity contribution in [2.75, 3.05) is 6.26 Å². The van der Waals surface area contributed by atoms with Crippen molar-refractivity contribution >= 4 is 9.84 Å². The number of hydrogen-bond acceptors (Lipinski definition) is 3. The van der Waals surface area contributed by atoms with Gasteiger partial charge >= 0.3 is 6.18 Å². The summed E-state index contributed by atoms with van der Waals surface area (Å²) in [6.07, 6.45) is -4.36. The normalized spacial score (nSPS) is 12.4. The highest BCUT2D eigenvalue weighted by atomic mass is 32.2. The molecule has 0 spiro atoms. The van der Waals surface area contributed by atoms with E-state index in [2.05, 4.69) is 4.98 Å². The van der Waals surface area contributed by atoms with Crippen molar-refractivity contribution in [2.24, 2.45) is 0 Å². The summed E-state index contributed by atoms with van der Waals surface area (Å²) < 4.78 is 105. The highest BCUT2D eigenvalue weighted by molar-refractivity contribution is 7.90. The smallest absolute Gasteiger partial charge is 0.334 e. The monoisotopic (exact) mass is 420 g/mol. The molecule has 148 valence electrons.